The van der Waals surface area contributed by atoms with E-state index in [0.717, 1.165) is 25.7 Å². The standard InChI is InChI=1S/C10H21NO3S/c1-8(7-9(2)12)11-15(13,14)10-5-3-4-6-10/h8-12H,3-7H2,1-2H3. The van der Waals surface area contributed by atoms with E-state index in [1.54, 1.807) is 13.8 Å². The molecule has 5 heteroatoms. The summed E-state index contributed by atoms with van der Waals surface area (Å²) >= 11 is 0. The van der Waals surface area contributed by atoms with Crippen LogP contribution in [0.5, 0.6) is 0 Å². The summed E-state index contributed by atoms with van der Waals surface area (Å²) < 4.78 is 26.3. The second-order valence-electron chi connectivity index (χ2n) is 4.56. The fourth-order valence-corrected chi connectivity index (χ4v) is 3.94. The second kappa shape index (κ2) is 5.27. The second-order valence-corrected chi connectivity index (χ2v) is 6.55. The van der Waals surface area contributed by atoms with Gasteiger partial charge in [0.1, 0.15) is 0 Å². The monoisotopic (exact) mass is 235 g/mol. The van der Waals surface area contributed by atoms with Crippen molar-refractivity contribution in [3.8, 4) is 0 Å². The van der Waals surface area contributed by atoms with Crippen molar-refractivity contribution in [2.45, 2.75) is 63.3 Å². The molecule has 1 rings (SSSR count). The normalized spacial score (nSPS) is 22.9. The minimum atomic E-state index is -3.17. The van der Waals surface area contributed by atoms with Crippen LogP contribution < -0.4 is 4.72 Å². The first kappa shape index (κ1) is 12.9. The highest BCUT2D eigenvalue weighted by molar-refractivity contribution is 7.90. The van der Waals surface area contributed by atoms with Crippen molar-refractivity contribution in [2.24, 2.45) is 0 Å². The molecule has 90 valence electrons. The topological polar surface area (TPSA) is 66.4 Å². The van der Waals surface area contributed by atoms with Crippen LogP contribution in [0.2, 0.25) is 0 Å². The Kier molecular flexibility index (Phi) is 4.55. The number of hydrogen-bond acceptors (Lipinski definition) is 3. The highest BCUT2D eigenvalue weighted by Gasteiger charge is 2.29. The Balaban J connectivity index is 2.48. The molecule has 0 aromatic carbocycles. The van der Waals surface area contributed by atoms with Crippen molar-refractivity contribution >= 4 is 10.0 Å². The lowest BCUT2D eigenvalue weighted by Crippen LogP contribution is -2.39. The van der Waals surface area contributed by atoms with Gasteiger partial charge in [0.25, 0.3) is 0 Å². The lowest BCUT2D eigenvalue weighted by Gasteiger charge is -2.18. The van der Waals surface area contributed by atoms with Gasteiger partial charge in [-0.05, 0) is 33.1 Å². The van der Waals surface area contributed by atoms with Crippen LogP contribution in [0.4, 0.5) is 0 Å². The van der Waals surface area contributed by atoms with Gasteiger partial charge in [-0.2, -0.15) is 0 Å². The SMILES string of the molecule is CC(O)CC(C)NS(=O)(=O)C1CCCC1. The lowest BCUT2D eigenvalue weighted by molar-refractivity contribution is 0.175. The molecule has 2 unspecified atom stereocenters. The van der Waals surface area contributed by atoms with Gasteiger partial charge in [0.05, 0.1) is 11.4 Å². The Morgan fingerprint density at radius 3 is 2.33 bits per heavy atom. The Morgan fingerprint density at radius 2 is 1.87 bits per heavy atom. The quantitative estimate of drug-likeness (QED) is 0.747. The van der Waals surface area contributed by atoms with E-state index in [-0.39, 0.29) is 11.3 Å². The van der Waals surface area contributed by atoms with Gasteiger partial charge in [0.15, 0.2) is 0 Å². The zero-order valence-corrected chi connectivity index (χ0v) is 10.3. The smallest absolute Gasteiger partial charge is 0.214 e. The minimum absolute atomic E-state index is 0.185. The van der Waals surface area contributed by atoms with Gasteiger partial charge in [-0.25, -0.2) is 13.1 Å². The first-order valence-electron chi connectivity index (χ1n) is 5.61. The summed E-state index contributed by atoms with van der Waals surface area (Å²) in [7, 11) is -3.17. The van der Waals surface area contributed by atoms with Gasteiger partial charge in [-0.3, -0.25) is 0 Å². The van der Waals surface area contributed by atoms with E-state index in [1.165, 1.54) is 0 Å². The van der Waals surface area contributed by atoms with Crippen molar-refractivity contribution in [2.75, 3.05) is 0 Å². The molecule has 0 aromatic heterocycles. The molecular weight excluding hydrogens is 214 g/mol. The van der Waals surface area contributed by atoms with Crippen LogP contribution in [0.15, 0.2) is 0 Å². The molecule has 2 N–H and O–H groups in total. The predicted molar refractivity (Wildman–Crippen MR) is 60.1 cm³/mol. The zero-order chi connectivity index (χ0) is 11.5. The fraction of sp³-hybridized carbons (Fsp3) is 1.00. The van der Waals surface area contributed by atoms with Crippen LogP contribution in [0.1, 0.15) is 46.0 Å². The number of aliphatic hydroxyl groups is 1. The van der Waals surface area contributed by atoms with Crippen LogP contribution in [0, 0.1) is 0 Å². The van der Waals surface area contributed by atoms with Gasteiger partial charge in [-0.1, -0.05) is 12.8 Å². The number of nitrogens with one attached hydrogen (secondary N) is 1. The number of rotatable bonds is 5. The molecule has 15 heavy (non-hydrogen) atoms. The fourth-order valence-electron chi connectivity index (χ4n) is 2.14. The van der Waals surface area contributed by atoms with Gasteiger partial charge in [-0.15, -0.1) is 0 Å². The molecule has 0 radical (unpaired) electrons. The third-order valence-electron chi connectivity index (χ3n) is 2.80. The maximum atomic E-state index is 11.8. The summed E-state index contributed by atoms with van der Waals surface area (Å²) in [5.74, 6) is 0. The van der Waals surface area contributed by atoms with E-state index in [2.05, 4.69) is 4.72 Å². The van der Waals surface area contributed by atoms with Crippen molar-refractivity contribution < 1.29 is 13.5 Å². The van der Waals surface area contributed by atoms with E-state index in [1.807, 2.05) is 0 Å². The summed E-state index contributed by atoms with van der Waals surface area (Å²) in [5.41, 5.74) is 0. The van der Waals surface area contributed by atoms with Crippen LogP contribution >= 0.6 is 0 Å². The summed E-state index contributed by atoms with van der Waals surface area (Å²) in [6, 6.07) is -0.185. The molecule has 1 saturated carbocycles. The first-order chi connectivity index (χ1) is 6.92. The Hall–Kier alpha value is -0.130. The van der Waals surface area contributed by atoms with E-state index >= 15 is 0 Å². The Bertz CT molecular complexity index is 281. The predicted octanol–water partition coefficient (Wildman–Crippen LogP) is 1.01. The molecular formula is C10H21NO3S. The minimum Gasteiger partial charge on any atom is -0.393 e. The van der Waals surface area contributed by atoms with Crippen molar-refractivity contribution in [1.29, 1.82) is 0 Å². The summed E-state index contributed by atoms with van der Waals surface area (Å²) in [4.78, 5) is 0. The molecule has 0 aliphatic heterocycles. The molecule has 0 aromatic rings. The summed E-state index contributed by atoms with van der Waals surface area (Å²) in [6.45, 7) is 3.46. The number of aliphatic hydroxyl groups excluding tert-OH is 1. The molecule has 0 amide bonds. The van der Waals surface area contributed by atoms with E-state index in [0.29, 0.717) is 6.42 Å². The van der Waals surface area contributed by atoms with Gasteiger partial charge >= 0.3 is 0 Å². The third-order valence-corrected chi connectivity index (χ3v) is 4.88. The molecule has 0 heterocycles. The Morgan fingerprint density at radius 1 is 1.33 bits per heavy atom. The highest BCUT2D eigenvalue weighted by atomic mass is 32.2. The number of sulfonamides is 1. The largest absolute Gasteiger partial charge is 0.393 e. The summed E-state index contributed by atoms with van der Waals surface area (Å²) in [6.07, 6.45) is 3.57. The number of hydrogen-bond donors (Lipinski definition) is 2. The van der Waals surface area contributed by atoms with E-state index in [9.17, 15) is 8.42 Å². The summed E-state index contributed by atoms with van der Waals surface area (Å²) in [5, 5.41) is 8.94. The van der Waals surface area contributed by atoms with Crippen LogP contribution in [0.25, 0.3) is 0 Å². The molecule has 0 spiro atoms. The molecule has 4 nitrogen and oxygen atoms in total. The lowest BCUT2D eigenvalue weighted by atomic mass is 10.2. The van der Waals surface area contributed by atoms with Crippen molar-refractivity contribution in [3.05, 3.63) is 0 Å². The van der Waals surface area contributed by atoms with Gasteiger partial charge < -0.3 is 5.11 Å². The van der Waals surface area contributed by atoms with Crippen molar-refractivity contribution in [3.63, 3.8) is 0 Å². The Labute approximate surface area is 92.1 Å². The third kappa shape index (κ3) is 4.09. The van der Waals surface area contributed by atoms with Crippen LogP contribution in [-0.2, 0) is 10.0 Å². The van der Waals surface area contributed by atoms with Gasteiger partial charge in [0.2, 0.25) is 10.0 Å². The maximum absolute atomic E-state index is 11.8. The van der Waals surface area contributed by atoms with Crippen LogP contribution in [0.3, 0.4) is 0 Å². The average molecular weight is 235 g/mol. The molecule has 1 aliphatic carbocycles. The molecule has 2 atom stereocenters. The van der Waals surface area contributed by atoms with Gasteiger partial charge in [0, 0.05) is 6.04 Å². The molecule has 0 saturated heterocycles. The van der Waals surface area contributed by atoms with E-state index in [4.69, 9.17) is 5.11 Å². The molecule has 1 fully saturated rings. The highest BCUT2D eigenvalue weighted by Crippen LogP contribution is 2.24. The average Bonchev–Trinajstić information content (AvgIpc) is 2.51. The van der Waals surface area contributed by atoms with Crippen molar-refractivity contribution in [1.82, 2.24) is 4.72 Å². The first-order valence-corrected chi connectivity index (χ1v) is 7.15. The molecule has 1 aliphatic rings. The maximum Gasteiger partial charge on any atom is 0.214 e. The van der Waals surface area contributed by atoms with E-state index < -0.39 is 16.1 Å². The molecule has 0 bridgehead atoms. The zero-order valence-electron chi connectivity index (χ0n) is 9.44. The van der Waals surface area contributed by atoms with Crippen LogP contribution in [-0.4, -0.2) is 30.9 Å².